The molecule has 2 amide bonds. The Morgan fingerprint density at radius 1 is 1.07 bits per heavy atom. The lowest BCUT2D eigenvalue weighted by Gasteiger charge is -2.18. The van der Waals surface area contributed by atoms with Crippen LogP contribution in [0.15, 0.2) is 54.6 Å². The molecule has 0 aliphatic heterocycles. The van der Waals surface area contributed by atoms with Crippen molar-refractivity contribution in [3.8, 4) is 10.6 Å². The minimum Gasteiger partial charge on any atom is -0.344 e. The minimum absolute atomic E-state index is 0.132. The van der Waals surface area contributed by atoms with Crippen molar-refractivity contribution in [2.45, 2.75) is 38.6 Å². The van der Waals surface area contributed by atoms with Crippen molar-refractivity contribution < 1.29 is 9.59 Å². The molecule has 3 aromatic rings. The Labute approximate surface area is 184 Å². The van der Waals surface area contributed by atoms with Crippen molar-refractivity contribution in [2.75, 3.05) is 5.32 Å². The smallest absolute Gasteiger partial charge is 0.249 e. The summed E-state index contributed by atoms with van der Waals surface area (Å²) >= 11 is 7.19. The molecule has 156 valence electrons. The molecule has 30 heavy (non-hydrogen) atoms. The highest BCUT2D eigenvalue weighted by atomic mass is 35.5. The zero-order valence-electron chi connectivity index (χ0n) is 16.6. The number of carbonyl (C=O) groups is 2. The molecule has 1 heterocycles. The van der Waals surface area contributed by atoms with E-state index in [-0.39, 0.29) is 11.8 Å². The average Bonchev–Trinajstić information content (AvgIpc) is 3.21. The van der Waals surface area contributed by atoms with Crippen LogP contribution < -0.4 is 10.6 Å². The summed E-state index contributed by atoms with van der Waals surface area (Å²) in [5.74, 6) is -0.449. The van der Waals surface area contributed by atoms with Gasteiger partial charge in [0.05, 0.1) is 0 Å². The lowest BCUT2D eigenvalue weighted by molar-refractivity contribution is -0.126. The van der Waals surface area contributed by atoms with E-state index in [2.05, 4.69) is 20.8 Å². The molecule has 2 aromatic carbocycles. The number of hydrogen-bond acceptors (Lipinski definition) is 5. The van der Waals surface area contributed by atoms with Crippen LogP contribution in [0.5, 0.6) is 0 Å². The molecule has 2 N–H and O–H groups in total. The van der Waals surface area contributed by atoms with Gasteiger partial charge in [-0.1, -0.05) is 78.7 Å². The van der Waals surface area contributed by atoms with Crippen LogP contribution in [0.4, 0.5) is 5.13 Å². The van der Waals surface area contributed by atoms with E-state index in [1.165, 1.54) is 11.3 Å². The first-order valence-corrected chi connectivity index (χ1v) is 11.0. The van der Waals surface area contributed by atoms with Crippen LogP contribution in [0.25, 0.3) is 10.6 Å². The maximum absolute atomic E-state index is 12.9. The van der Waals surface area contributed by atoms with Gasteiger partial charge in [0.25, 0.3) is 0 Å². The zero-order valence-corrected chi connectivity index (χ0v) is 18.2. The van der Waals surface area contributed by atoms with E-state index in [0.717, 1.165) is 24.0 Å². The molecule has 0 saturated heterocycles. The molecule has 8 heteroatoms. The van der Waals surface area contributed by atoms with Crippen molar-refractivity contribution in [1.82, 2.24) is 15.5 Å². The van der Waals surface area contributed by atoms with E-state index in [1.807, 2.05) is 49.4 Å². The standard InChI is InChI=1S/C22H23ClN4O2S/c1-2-3-9-19(28)24-18(14-15-7-5-4-6-8-15)20(29)25-22-27-26-21(30-22)16-10-12-17(23)13-11-16/h4-8,10-13,18H,2-3,9,14H2,1H3,(H,24,28)(H,25,27,29). The summed E-state index contributed by atoms with van der Waals surface area (Å²) in [7, 11) is 0. The lowest BCUT2D eigenvalue weighted by Crippen LogP contribution is -2.45. The number of anilines is 1. The summed E-state index contributed by atoms with van der Waals surface area (Å²) < 4.78 is 0. The fourth-order valence-corrected chi connectivity index (χ4v) is 3.72. The van der Waals surface area contributed by atoms with Gasteiger partial charge in [0.1, 0.15) is 11.0 Å². The van der Waals surface area contributed by atoms with Gasteiger partial charge >= 0.3 is 0 Å². The Hall–Kier alpha value is -2.77. The van der Waals surface area contributed by atoms with Crippen LogP contribution in [-0.4, -0.2) is 28.1 Å². The third-order valence-electron chi connectivity index (χ3n) is 4.44. The normalized spacial score (nSPS) is 11.7. The highest BCUT2D eigenvalue weighted by Crippen LogP contribution is 2.27. The fraction of sp³-hybridized carbons (Fsp3) is 0.273. The summed E-state index contributed by atoms with van der Waals surface area (Å²) in [6.45, 7) is 2.02. The van der Waals surface area contributed by atoms with E-state index in [1.54, 1.807) is 12.1 Å². The van der Waals surface area contributed by atoms with Gasteiger partial charge in [-0.25, -0.2) is 0 Å². The van der Waals surface area contributed by atoms with Crippen LogP contribution in [0.1, 0.15) is 31.7 Å². The second-order valence-corrected chi connectivity index (χ2v) is 8.24. The second-order valence-electron chi connectivity index (χ2n) is 6.82. The Morgan fingerprint density at radius 2 is 1.80 bits per heavy atom. The maximum Gasteiger partial charge on any atom is 0.249 e. The van der Waals surface area contributed by atoms with Gasteiger partial charge in [0.15, 0.2) is 0 Å². The van der Waals surface area contributed by atoms with Crippen molar-refractivity contribution in [3.05, 3.63) is 65.2 Å². The van der Waals surface area contributed by atoms with Crippen LogP contribution in [0.3, 0.4) is 0 Å². The third-order valence-corrected chi connectivity index (χ3v) is 5.58. The van der Waals surface area contributed by atoms with Crippen LogP contribution in [-0.2, 0) is 16.0 Å². The number of halogens is 1. The quantitative estimate of drug-likeness (QED) is 0.502. The van der Waals surface area contributed by atoms with Gasteiger partial charge in [-0.2, -0.15) is 0 Å². The van der Waals surface area contributed by atoms with Crippen molar-refractivity contribution in [1.29, 1.82) is 0 Å². The Balaban J connectivity index is 1.70. The average molecular weight is 443 g/mol. The van der Waals surface area contributed by atoms with Gasteiger partial charge in [-0.05, 0) is 24.1 Å². The SMILES string of the molecule is CCCCC(=O)NC(Cc1ccccc1)C(=O)Nc1nnc(-c2ccc(Cl)cc2)s1. The summed E-state index contributed by atoms with van der Waals surface area (Å²) in [6, 6.07) is 16.2. The molecule has 0 aliphatic rings. The van der Waals surface area contributed by atoms with Gasteiger partial charge in [-0.15, -0.1) is 10.2 Å². The van der Waals surface area contributed by atoms with Crippen molar-refractivity contribution in [3.63, 3.8) is 0 Å². The van der Waals surface area contributed by atoms with Gasteiger partial charge in [0, 0.05) is 23.4 Å². The number of amides is 2. The number of rotatable bonds is 9. The molecule has 6 nitrogen and oxygen atoms in total. The van der Waals surface area contributed by atoms with Crippen molar-refractivity contribution >= 4 is 39.9 Å². The highest BCUT2D eigenvalue weighted by molar-refractivity contribution is 7.18. The molecule has 0 spiro atoms. The maximum atomic E-state index is 12.9. The predicted octanol–water partition coefficient (Wildman–Crippen LogP) is 4.71. The largest absolute Gasteiger partial charge is 0.344 e. The van der Waals surface area contributed by atoms with Gasteiger partial charge in [0.2, 0.25) is 16.9 Å². The number of carbonyl (C=O) groups excluding carboxylic acids is 2. The summed E-state index contributed by atoms with van der Waals surface area (Å²) in [5, 5.41) is 15.5. The number of benzene rings is 2. The second kappa shape index (κ2) is 10.8. The van der Waals surface area contributed by atoms with Gasteiger partial charge < -0.3 is 5.32 Å². The Kier molecular flexibility index (Phi) is 7.93. The summed E-state index contributed by atoms with van der Waals surface area (Å²) in [4.78, 5) is 25.2. The molecule has 0 bridgehead atoms. The van der Waals surface area contributed by atoms with Crippen LogP contribution in [0.2, 0.25) is 5.02 Å². The van der Waals surface area contributed by atoms with E-state index in [9.17, 15) is 9.59 Å². The van der Waals surface area contributed by atoms with Crippen LogP contribution >= 0.6 is 22.9 Å². The number of unbranched alkanes of at least 4 members (excludes halogenated alkanes) is 1. The fourth-order valence-electron chi connectivity index (χ4n) is 2.84. The van der Waals surface area contributed by atoms with E-state index in [4.69, 9.17) is 11.6 Å². The third kappa shape index (κ3) is 6.37. The van der Waals surface area contributed by atoms with Crippen LogP contribution in [0, 0.1) is 0 Å². The Morgan fingerprint density at radius 3 is 2.50 bits per heavy atom. The zero-order chi connectivity index (χ0) is 21.3. The highest BCUT2D eigenvalue weighted by Gasteiger charge is 2.22. The molecule has 0 fully saturated rings. The van der Waals surface area contributed by atoms with E-state index < -0.39 is 6.04 Å². The Bertz CT molecular complexity index is 976. The summed E-state index contributed by atoms with van der Waals surface area (Å²) in [5.41, 5.74) is 1.83. The van der Waals surface area contributed by atoms with E-state index >= 15 is 0 Å². The predicted molar refractivity (Wildman–Crippen MR) is 121 cm³/mol. The number of nitrogens with zero attached hydrogens (tertiary/aromatic N) is 2. The number of hydrogen-bond donors (Lipinski definition) is 2. The number of nitrogens with one attached hydrogen (secondary N) is 2. The molecule has 1 unspecified atom stereocenters. The molecule has 1 atom stereocenters. The van der Waals surface area contributed by atoms with Gasteiger partial charge in [-0.3, -0.25) is 14.9 Å². The minimum atomic E-state index is -0.695. The molecule has 3 rings (SSSR count). The molecular weight excluding hydrogens is 420 g/mol. The first-order chi connectivity index (χ1) is 14.5. The lowest BCUT2D eigenvalue weighted by atomic mass is 10.0. The monoisotopic (exact) mass is 442 g/mol. The molecule has 1 aromatic heterocycles. The molecule has 0 saturated carbocycles. The topological polar surface area (TPSA) is 84.0 Å². The first kappa shape index (κ1) is 21.9. The first-order valence-electron chi connectivity index (χ1n) is 9.78. The molecule has 0 aliphatic carbocycles. The summed E-state index contributed by atoms with van der Waals surface area (Å²) in [6.07, 6.45) is 2.50. The van der Waals surface area contributed by atoms with Crippen molar-refractivity contribution in [2.24, 2.45) is 0 Å². The molecular formula is C22H23ClN4O2S. The number of aromatic nitrogens is 2. The molecule has 0 radical (unpaired) electrons. The van der Waals surface area contributed by atoms with E-state index in [0.29, 0.717) is 28.0 Å².